The van der Waals surface area contributed by atoms with Crippen LogP contribution in [0.2, 0.25) is 0 Å². The fourth-order valence-electron chi connectivity index (χ4n) is 7.61. The Bertz CT molecular complexity index is 2110. The Labute approximate surface area is 416 Å². The zero-order valence-electron chi connectivity index (χ0n) is 42.5. The van der Waals surface area contributed by atoms with E-state index in [9.17, 15) is 53.4 Å². The van der Waals surface area contributed by atoms with Crippen molar-refractivity contribution in [3.8, 4) is 0 Å². The maximum Gasteiger partial charge on any atom is 0.327 e. The van der Waals surface area contributed by atoms with E-state index in [0.717, 1.165) is 10.5 Å². The zero-order valence-corrected chi connectivity index (χ0v) is 42.5. The second-order valence-electron chi connectivity index (χ2n) is 18.6. The molecule has 0 saturated carbocycles. The average molecular weight is 997 g/mol. The van der Waals surface area contributed by atoms with Gasteiger partial charge >= 0.3 is 11.9 Å². The molecule has 0 radical (unpaired) electrons. The Morgan fingerprint density at radius 3 is 1.99 bits per heavy atom. The quantitative estimate of drug-likeness (QED) is 0.0495. The first-order chi connectivity index (χ1) is 33.3. The Morgan fingerprint density at radius 1 is 0.803 bits per heavy atom. The molecule has 12 N–H and O–H groups in total. The van der Waals surface area contributed by atoms with Crippen LogP contribution in [0.1, 0.15) is 93.1 Å². The van der Waals surface area contributed by atoms with E-state index in [1.165, 1.54) is 40.8 Å². The molecule has 0 bridgehead atoms. The van der Waals surface area contributed by atoms with Crippen LogP contribution < -0.4 is 43.4 Å². The Hall–Kier alpha value is -6.84. The maximum absolute atomic E-state index is 14.4. The lowest BCUT2D eigenvalue weighted by Gasteiger charge is -2.28. The van der Waals surface area contributed by atoms with Crippen molar-refractivity contribution < 1.29 is 58.1 Å². The summed E-state index contributed by atoms with van der Waals surface area (Å²) in [5.74, 6) is -12.1. The highest BCUT2D eigenvalue weighted by molar-refractivity contribution is 5.97. The minimum absolute atomic E-state index is 0.0237. The van der Waals surface area contributed by atoms with E-state index < -0.39 is 114 Å². The summed E-state index contributed by atoms with van der Waals surface area (Å²) in [6.07, 6.45) is 4.80. The first kappa shape index (κ1) is 60.3. The number of aliphatic imine (C=N–C) groups is 1. The Balaban J connectivity index is 2.73. The smallest absolute Gasteiger partial charge is 0.327 e. The number of benzene rings is 1. The number of nitrogens with zero attached hydrogens (tertiary/aromatic N) is 2. The number of rotatable bonds is 15. The van der Waals surface area contributed by atoms with Crippen molar-refractivity contribution in [1.29, 1.82) is 0 Å². The van der Waals surface area contributed by atoms with Gasteiger partial charge in [0.05, 0.1) is 24.0 Å². The van der Waals surface area contributed by atoms with Crippen LogP contribution in [0, 0.1) is 23.7 Å². The number of amides is 7. The van der Waals surface area contributed by atoms with E-state index in [-0.39, 0.29) is 56.1 Å². The van der Waals surface area contributed by atoms with E-state index in [4.69, 9.17) is 16.2 Å². The van der Waals surface area contributed by atoms with E-state index in [2.05, 4.69) is 36.9 Å². The van der Waals surface area contributed by atoms with Crippen LogP contribution in [-0.4, -0.2) is 143 Å². The van der Waals surface area contributed by atoms with Gasteiger partial charge < -0.3 is 63.2 Å². The highest BCUT2D eigenvalue weighted by Gasteiger charge is 2.37. The molecule has 1 heterocycles. The number of carboxylic acid groups (broad SMARTS) is 2. The van der Waals surface area contributed by atoms with Crippen LogP contribution in [-0.2, 0) is 54.3 Å². The average Bonchev–Trinajstić information content (AvgIpc) is 3.31. The van der Waals surface area contributed by atoms with E-state index in [0.29, 0.717) is 12.0 Å². The molecule has 0 spiro atoms. The molecule has 1 aromatic rings. The standard InChI is InChI=1S/C49H76N10O12/c1-26(2)23-37-46(66)58-40(48(69)70)30(6)42(62)55-35(17-14-22-52-49(50)51)45(65)54-34(19-18-27(3)24-28(4)38(71-10)25-33-15-12-11-13-16-33)29(5)41(61)56-36(47(67)68)20-21-39(60)59(9)32(8)44(64)53-31(7)43(63)57-37/h11-13,15-16,18-19,24,26,28-32,34-38,40H,14,17,20-23,25H2,1-10H3,(H,53,64)(H,54,65)(H,55,62)(H,56,61)(H,57,63)(H,58,66)(H,67,68)(H,69,70)(H4,50,51,52)/b19-18+,27-24+/t28-,29?,30-,31+,32-,34?,35?,36+,37-,38-,40?/m0/s1. The fraction of sp³-hybridized carbons (Fsp3) is 0.592. The molecule has 2 rings (SSSR count). The molecule has 1 fully saturated rings. The molecular formula is C49H76N10O12. The van der Waals surface area contributed by atoms with Crippen LogP contribution in [0.15, 0.2) is 59.1 Å². The van der Waals surface area contributed by atoms with Gasteiger partial charge in [0, 0.05) is 33.0 Å². The zero-order chi connectivity index (χ0) is 53.7. The monoisotopic (exact) mass is 997 g/mol. The predicted octanol–water partition coefficient (Wildman–Crippen LogP) is 0.493. The van der Waals surface area contributed by atoms with Crippen molar-refractivity contribution in [3.05, 3.63) is 59.7 Å². The van der Waals surface area contributed by atoms with Gasteiger partial charge in [0.15, 0.2) is 5.96 Å². The second kappa shape index (κ2) is 29.4. The number of aliphatic carboxylic acids is 2. The summed E-state index contributed by atoms with van der Waals surface area (Å²) in [4.78, 5) is 126. The molecule has 4 unspecified atom stereocenters. The van der Waals surface area contributed by atoms with Crippen LogP contribution in [0.3, 0.4) is 0 Å². The van der Waals surface area contributed by atoms with Gasteiger partial charge in [0.1, 0.15) is 36.3 Å². The lowest BCUT2D eigenvalue weighted by Crippen LogP contribution is -2.59. The number of nitrogens with two attached hydrogens (primary N) is 2. The maximum atomic E-state index is 14.4. The molecule has 11 atom stereocenters. The molecule has 22 nitrogen and oxygen atoms in total. The summed E-state index contributed by atoms with van der Waals surface area (Å²) in [6, 6.07) is -0.00974. The second-order valence-corrected chi connectivity index (χ2v) is 18.6. The molecule has 1 saturated heterocycles. The molecule has 394 valence electrons. The molecule has 0 aliphatic carbocycles. The molecule has 7 amide bonds. The first-order valence-electron chi connectivity index (χ1n) is 23.8. The van der Waals surface area contributed by atoms with Gasteiger partial charge in [0.25, 0.3) is 0 Å². The molecule has 0 aromatic heterocycles. The van der Waals surface area contributed by atoms with Gasteiger partial charge in [-0.25, -0.2) is 9.59 Å². The summed E-state index contributed by atoms with van der Waals surface area (Å²) in [5, 5.41) is 35.7. The van der Waals surface area contributed by atoms with Crippen molar-refractivity contribution >= 4 is 59.2 Å². The number of hydrogen-bond acceptors (Lipinski definition) is 11. The van der Waals surface area contributed by atoms with Gasteiger partial charge in [-0.05, 0) is 64.4 Å². The van der Waals surface area contributed by atoms with Gasteiger partial charge in [-0.15, -0.1) is 0 Å². The minimum Gasteiger partial charge on any atom is -0.480 e. The number of carbonyl (C=O) groups excluding carboxylic acids is 7. The molecule has 71 heavy (non-hydrogen) atoms. The number of nitrogens with one attached hydrogen (secondary N) is 6. The molecule has 1 aliphatic heterocycles. The van der Waals surface area contributed by atoms with E-state index in [1.807, 2.05) is 43.3 Å². The van der Waals surface area contributed by atoms with E-state index >= 15 is 0 Å². The number of carbonyl (C=O) groups is 9. The third kappa shape index (κ3) is 20.2. The normalized spacial score (nSPS) is 26.4. The van der Waals surface area contributed by atoms with Crippen LogP contribution >= 0.6 is 0 Å². The summed E-state index contributed by atoms with van der Waals surface area (Å²) < 4.78 is 5.82. The summed E-state index contributed by atoms with van der Waals surface area (Å²) in [7, 11) is 2.93. The Kier molecular flexibility index (Phi) is 24.9. The number of ether oxygens (including phenoxy) is 1. The molecular weight excluding hydrogens is 921 g/mol. The molecule has 22 heteroatoms. The predicted molar refractivity (Wildman–Crippen MR) is 265 cm³/mol. The van der Waals surface area contributed by atoms with Crippen molar-refractivity contribution in [1.82, 2.24) is 36.8 Å². The van der Waals surface area contributed by atoms with Crippen LogP contribution in [0.25, 0.3) is 0 Å². The minimum atomic E-state index is -1.87. The number of guanidine groups is 1. The fourth-order valence-corrected chi connectivity index (χ4v) is 7.61. The van der Waals surface area contributed by atoms with Gasteiger partial charge in [-0.2, -0.15) is 0 Å². The van der Waals surface area contributed by atoms with Gasteiger partial charge in [-0.1, -0.05) is 88.8 Å². The van der Waals surface area contributed by atoms with Crippen molar-refractivity contribution in [3.63, 3.8) is 0 Å². The molecule has 1 aromatic carbocycles. The Morgan fingerprint density at radius 2 is 1.41 bits per heavy atom. The van der Waals surface area contributed by atoms with Crippen LogP contribution in [0.4, 0.5) is 0 Å². The number of likely N-dealkylation sites (N-methyl/N-ethyl adjacent to an activating group) is 1. The largest absolute Gasteiger partial charge is 0.480 e. The number of hydrogen-bond donors (Lipinski definition) is 10. The third-order valence-corrected chi connectivity index (χ3v) is 12.3. The van der Waals surface area contributed by atoms with Gasteiger partial charge in [-0.3, -0.25) is 38.6 Å². The highest BCUT2D eigenvalue weighted by Crippen LogP contribution is 2.19. The summed E-state index contributed by atoms with van der Waals surface area (Å²) >= 11 is 0. The number of carboxylic acids is 2. The van der Waals surface area contributed by atoms with E-state index in [1.54, 1.807) is 34.0 Å². The number of methoxy groups -OCH3 is 1. The topological polar surface area (TPSA) is 343 Å². The lowest BCUT2D eigenvalue weighted by molar-refractivity contribution is -0.146. The highest BCUT2D eigenvalue weighted by atomic mass is 16.5. The SMILES string of the molecule is CO[C@@H](Cc1ccccc1)[C@@H](C)/C=C(C)/C=C/C1NC(=O)C(CCCN=C(N)N)NC(=O)[C@@H](C)C(C(=O)O)NC(=O)[C@H](CC(C)C)NC(=O)[C@@H](C)NC(=O)[C@H](C)N(C)C(=O)CC[C@H](C(=O)O)NC(=O)C1C. The lowest BCUT2D eigenvalue weighted by atomic mass is 9.94. The third-order valence-electron chi connectivity index (χ3n) is 12.3. The first-order valence-corrected chi connectivity index (χ1v) is 23.8. The molecule has 1 aliphatic rings. The van der Waals surface area contributed by atoms with Crippen molar-refractivity contribution in [2.45, 2.75) is 142 Å². The summed E-state index contributed by atoms with van der Waals surface area (Å²) in [5.41, 5.74) is 12.8. The van der Waals surface area contributed by atoms with Gasteiger partial charge in [0.2, 0.25) is 41.4 Å². The van der Waals surface area contributed by atoms with Crippen LogP contribution in [0.5, 0.6) is 0 Å². The number of allylic oxidation sites excluding steroid dienone is 2. The van der Waals surface area contributed by atoms with Crippen molar-refractivity contribution in [2.75, 3.05) is 20.7 Å². The summed E-state index contributed by atoms with van der Waals surface area (Å²) in [6.45, 7) is 12.7. The van der Waals surface area contributed by atoms with Crippen molar-refractivity contribution in [2.24, 2.45) is 40.1 Å².